The van der Waals surface area contributed by atoms with E-state index in [0.717, 1.165) is 11.8 Å². The summed E-state index contributed by atoms with van der Waals surface area (Å²) < 4.78 is 50.0. The summed E-state index contributed by atoms with van der Waals surface area (Å²) >= 11 is 0. The van der Waals surface area contributed by atoms with Gasteiger partial charge in [0.15, 0.2) is 0 Å². The van der Waals surface area contributed by atoms with Crippen LogP contribution in [0.25, 0.3) is 0 Å². The Labute approximate surface area is 199 Å². The summed E-state index contributed by atoms with van der Waals surface area (Å²) in [6, 6.07) is 17.8. The highest BCUT2D eigenvalue weighted by molar-refractivity contribution is 7.92. The van der Waals surface area contributed by atoms with Crippen LogP contribution in [-0.2, 0) is 23.0 Å². The third kappa shape index (κ3) is 6.48. The minimum absolute atomic E-state index is 0.0504. The summed E-state index contributed by atoms with van der Waals surface area (Å²) in [4.78, 5) is 12.4. The van der Waals surface area contributed by atoms with E-state index >= 15 is 0 Å². The number of sulfonamides is 1. The molecule has 0 fully saturated rings. The third-order valence-corrected chi connectivity index (χ3v) is 6.34. The number of carbonyl (C=O) groups is 1. The molecule has 1 amide bonds. The molecule has 0 aliphatic rings. The number of amides is 1. The van der Waals surface area contributed by atoms with E-state index in [2.05, 4.69) is 5.32 Å². The van der Waals surface area contributed by atoms with Crippen LogP contribution in [0.4, 0.5) is 10.1 Å². The van der Waals surface area contributed by atoms with Crippen LogP contribution in [-0.4, -0.2) is 41.3 Å². The Hall–Kier alpha value is -3.59. The molecular formula is C25H27FN2O5S. The number of carbonyl (C=O) groups excluding carboxylic acids is 1. The topological polar surface area (TPSA) is 84.9 Å². The van der Waals surface area contributed by atoms with Crippen molar-refractivity contribution in [1.29, 1.82) is 0 Å². The molecule has 0 aliphatic heterocycles. The number of hydrogen-bond donors (Lipinski definition) is 1. The molecule has 3 aromatic rings. The van der Waals surface area contributed by atoms with Gasteiger partial charge in [0.1, 0.15) is 17.3 Å². The lowest BCUT2D eigenvalue weighted by Gasteiger charge is -2.25. The standard InChI is InChI=1S/C25H27FN2O5S/c1-32-22-12-13-24(33-2)23(16-22)28(34(3,30)31)17-19-4-8-20(9-5-19)25(29)27-15-14-18-6-10-21(26)11-7-18/h4-13,16H,14-15,17H2,1-3H3,(H,27,29). The highest BCUT2D eigenvalue weighted by Crippen LogP contribution is 2.34. The fraction of sp³-hybridized carbons (Fsp3) is 0.240. The van der Waals surface area contributed by atoms with Gasteiger partial charge in [-0.15, -0.1) is 0 Å². The first-order chi connectivity index (χ1) is 16.2. The van der Waals surface area contributed by atoms with Gasteiger partial charge >= 0.3 is 0 Å². The molecule has 7 nitrogen and oxygen atoms in total. The van der Waals surface area contributed by atoms with Crippen molar-refractivity contribution >= 4 is 21.6 Å². The molecule has 34 heavy (non-hydrogen) atoms. The summed E-state index contributed by atoms with van der Waals surface area (Å²) in [6.45, 7) is 0.457. The highest BCUT2D eigenvalue weighted by Gasteiger charge is 2.22. The second kappa shape index (κ2) is 11.0. The number of hydrogen-bond acceptors (Lipinski definition) is 5. The van der Waals surface area contributed by atoms with E-state index in [1.54, 1.807) is 54.6 Å². The Morgan fingerprint density at radius 1 is 0.941 bits per heavy atom. The number of benzene rings is 3. The molecule has 180 valence electrons. The molecule has 0 saturated carbocycles. The fourth-order valence-electron chi connectivity index (χ4n) is 3.37. The van der Waals surface area contributed by atoms with Crippen LogP contribution in [0.5, 0.6) is 11.5 Å². The number of ether oxygens (including phenoxy) is 2. The SMILES string of the molecule is COc1ccc(OC)c(N(Cc2ccc(C(=O)NCCc3ccc(F)cc3)cc2)S(C)(=O)=O)c1. The van der Waals surface area contributed by atoms with E-state index in [-0.39, 0.29) is 18.3 Å². The van der Waals surface area contributed by atoms with Gasteiger partial charge in [-0.2, -0.15) is 0 Å². The summed E-state index contributed by atoms with van der Waals surface area (Å²) in [6.07, 6.45) is 1.70. The number of methoxy groups -OCH3 is 2. The van der Waals surface area contributed by atoms with Crippen LogP contribution >= 0.6 is 0 Å². The Morgan fingerprint density at radius 3 is 2.18 bits per heavy atom. The molecule has 0 saturated heterocycles. The van der Waals surface area contributed by atoms with Gasteiger partial charge in [0, 0.05) is 18.2 Å². The minimum Gasteiger partial charge on any atom is -0.497 e. The van der Waals surface area contributed by atoms with E-state index in [4.69, 9.17) is 9.47 Å². The molecule has 0 unspecified atom stereocenters. The zero-order chi connectivity index (χ0) is 24.7. The zero-order valence-corrected chi connectivity index (χ0v) is 20.1. The number of halogens is 1. The second-order valence-corrected chi connectivity index (χ2v) is 9.54. The molecule has 1 N–H and O–H groups in total. The van der Waals surface area contributed by atoms with Crippen LogP contribution in [0.1, 0.15) is 21.5 Å². The normalized spacial score (nSPS) is 11.1. The lowest BCUT2D eigenvalue weighted by atomic mass is 10.1. The van der Waals surface area contributed by atoms with Gasteiger partial charge in [-0.05, 0) is 53.9 Å². The maximum atomic E-state index is 13.0. The van der Waals surface area contributed by atoms with Gasteiger partial charge in [-0.25, -0.2) is 12.8 Å². The van der Waals surface area contributed by atoms with E-state index in [0.29, 0.717) is 41.3 Å². The molecule has 0 spiro atoms. The monoisotopic (exact) mass is 486 g/mol. The molecule has 9 heteroatoms. The smallest absolute Gasteiger partial charge is 0.251 e. The average molecular weight is 487 g/mol. The first-order valence-electron chi connectivity index (χ1n) is 10.5. The Bertz CT molecular complexity index is 1230. The molecule has 0 heterocycles. The van der Waals surface area contributed by atoms with Crippen molar-refractivity contribution in [2.45, 2.75) is 13.0 Å². The van der Waals surface area contributed by atoms with Gasteiger partial charge in [0.2, 0.25) is 10.0 Å². The Morgan fingerprint density at radius 2 is 1.59 bits per heavy atom. The molecule has 0 aromatic heterocycles. The molecule has 0 atom stereocenters. The number of nitrogens with zero attached hydrogens (tertiary/aromatic N) is 1. The summed E-state index contributed by atoms with van der Waals surface area (Å²) in [5.41, 5.74) is 2.42. The number of anilines is 1. The maximum Gasteiger partial charge on any atom is 0.251 e. The molecule has 3 aromatic carbocycles. The first kappa shape index (κ1) is 25.0. The fourth-order valence-corrected chi connectivity index (χ4v) is 4.26. The molecule has 3 rings (SSSR count). The lowest BCUT2D eigenvalue weighted by Crippen LogP contribution is -2.30. The van der Waals surface area contributed by atoms with Crippen LogP contribution < -0.4 is 19.1 Å². The van der Waals surface area contributed by atoms with Crippen molar-refractivity contribution in [3.63, 3.8) is 0 Å². The first-order valence-corrected chi connectivity index (χ1v) is 12.4. The van der Waals surface area contributed by atoms with E-state index in [9.17, 15) is 17.6 Å². The van der Waals surface area contributed by atoms with Crippen LogP contribution in [0, 0.1) is 5.82 Å². The van der Waals surface area contributed by atoms with Crippen molar-refractivity contribution in [2.75, 3.05) is 31.3 Å². The van der Waals surface area contributed by atoms with Crippen LogP contribution in [0.3, 0.4) is 0 Å². The Balaban J connectivity index is 1.70. The van der Waals surface area contributed by atoms with Crippen LogP contribution in [0.2, 0.25) is 0 Å². The van der Waals surface area contributed by atoms with Crippen molar-refractivity contribution in [1.82, 2.24) is 5.32 Å². The lowest BCUT2D eigenvalue weighted by molar-refractivity contribution is 0.0954. The Kier molecular flexibility index (Phi) is 8.12. The van der Waals surface area contributed by atoms with Gasteiger partial charge in [-0.3, -0.25) is 9.10 Å². The van der Waals surface area contributed by atoms with Crippen molar-refractivity contribution in [2.24, 2.45) is 0 Å². The average Bonchev–Trinajstić information content (AvgIpc) is 2.83. The van der Waals surface area contributed by atoms with Crippen LogP contribution in [0.15, 0.2) is 66.7 Å². The van der Waals surface area contributed by atoms with Crippen molar-refractivity contribution in [3.8, 4) is 11.5 Å². The number of nitrogens with one attached hydrogen (secondary N) is 1. The second-order valence-electron chi connectivity index (χ2n) is 7.64. The highest BCUT2D eigenvalue weighted by atomic mass is 32.2. The molecular weight excluding hydrogens is 459 g/mol. The largest absolute Gasteiger partial charge is 0.497 e. The molecule has 0 radical (unpaired) electrons. The third-order valence-electron chi connectivity index (χ3n) is 5.21. The maximum absolute atomic E-state index is 13.0. The van der Waals surface area contributed by atoms with Gasteiger partial charge in [-0.1, -0.05) is 24.3 Å². The van der Waals surface area contributed by atoms with Gasteiger partial charge in [0.05, 0.1) is 32.7 Å². The summed E-state index contributed by atoms with van der Waals surface area (Å²) in [7, 11) is -0.679. The molecule has 0 aliphatic carbocycles. The predicted molar refractivity (Wildman–Crippen MR) is 129 cm³/mol. The van der Waals surface area contributed by atoms with Gasteiger partial charge < -0.3 is 14.8 Å². The van der Waals surface area contributed by atoms with E-state index in [1.165, 1.54) is 30.7 Å². The van der Waals surface area contributed by atoms with E-state index < -0.39 is 10.0 Å². The minimum atomic E-state index is -3.65. The van der Waals surface area contributed by atoms with Crippen molar-refractivity contribution in [3.05, 3.63) is 89.2 Å². The zero-order valence-electron chi connectivity index (χ0n) is 19.2. The van der Waals surface area contributed by atoms with Crippen molar-refractivity contribution < 1.29 is 27.1 Å². The predicted octanol–water partition coefficient (Wildman–Crippen LogP) is 3.78. The van der Waals surface area contributed by atoms with Gasteiger partial charge in [0.25, 0.3) is 5.91 Å². The quantitative estimate of drug-likeness (QED) is 0.472. The van der Waals surface area contributed by atoms with E-state index in [1.807, 2.05) is 0 Å². The summed E-state index contributed by atoms with van der Waals surface area (Å²) in [5.74, 6) is 0.343. The number of rotatable bonds is 10. The molecule has 0 bridgehead atoms. The summed E-state index contributed by atoms with van der Waals surface area (Å²) in [5, 5.41) is 2.83.